The minimum atomic E-state index is -1.32. The number of halogens is 1. The third kappa shape index (κ3) is 3.32. The quantitative estimate of drug-likeness (QED) is 0.774. The molecule has 130 valence electrons. The number of nitrogens with zero attached hydrogens (tertiary/aromatic N) is 2. The van der Waals surface area contributed by atoms with Gasteiger partial charge < -0.3 is 4.90 Å². The third-order valence-electron chi connectivity index (χ3n) is 4.44. The van der Waals surface area contributed by atoms with Crippen molar-refractivity contribution in [1.82, 2.24) is 9.80 Å². The molecule has 0 unspecified atom stereocenters. The van der Waals surface area contributed by atoms with Crippen LogP contribution in [0, 0.1) is 11.7 Å². The van der Waals surface area contributed by atoms with Crippen molar-refractivity contribution in [3.8, 4) is 0 Å². The Morgan fingerprint density at radius 3 is 2.54 bits per heavy atom. The third-order valence-corrected chi connectivity index (χ3v) is 4.44. The van der Waals surface area contributed by atoms with Crippen LogP contribution in [0.1, 0.15) is 32.3 Å². The van der Waals surface area contributed by atoms with Gasteiger partial charge in [0.05, 0.1) is 5.41 Å². The monoisotopic (exact) mass is 334 g/mol. The maximum absolute atomic E-state index is 13.7. The van der Waals surface area contributed by atoms with Gasteiger partial charge in [-0.25, -0.2) is 4.39 Å². The molecule has 0 bridgehead atoms. The first kappa shape index (κ1) is 18.1. The number of likely N-dealkylation sites (N-methyl/N-ethyl adjacent to an activating group) is 1. The van der Waals surface area contributed by atoms with E-state index in [1.807, 2.05) is 13.8 Å². The lowest BCUT2D eigenvalue weighted by Gasteiger charge is -2.29. The molecular weight excluding hydrogens is 311 g/mol. The highest BCUT2D eigenvalue weighted by molar-refractivity contribution is 6.10. The first-order valence-electron chi connectivity index (χ1n) is 7.98. The zero-order chi connectivity index (χ0) is 18.1. The molecular formula is C18H23FN2O3. The summed E-state index contributed by atoms with van der Waals surface area (Å²) in [5.74, 6) is -1.25. The van der Waals surface area contributed by atoms with Crippen LogP contribution in [0.2, 0.25) is 0 Å². The number of carbonyl (C=O) groups is 3. The van der Waals surface area contributed by atoms with E-state index in [1.54, 1.807) is 18.0 Å². The van der Waals surface area contributed by atoms with Gasteiger partial charge in [0.15, 0.2) is 0 Å². The lowest BCUT2D eigenvalue weighted by Crippen LogP contribution is -2.42. The summed E-state index contributed by atoms with van der Waals surface area (Å²) in [4.78, 5) is 40.0. The second kappa shape index (κ2) is 6.71. The highest BCUT2D eigenvalue weighted by Gasteiger charge is 2.52. The molecule has 2 rings (SSSR count). The Hall–Kier alpha value is -2.24. The van der Waals surface area contributed by atoms with Crippen molar-refractivity contribution in [2.24, 2.45) is 5.92 Å². The predicted octanol–water partition coefficient (Wildman–Crippen LogP) is 1.96. The Labute approximate surface area is 141 Å². The summed E-state index contributed by atoms with van der Waals surface area (Å²) in [5.41, 5.74) is -0.951. The highest BCUT2D eigenvalue weighted by atomic mass is 19.1. The van der Waals surface area contributed by atoms with E-state index in [1.165, 1.54) is 25.2 Å². The number of imide groups is 1. The fraction of sp³-hybridized carbons (Fsp3) is 0.500. The Morgan fingerprint density at radius 2 is 2.04 bits per heavy atom. The molecule has 6 heteroatoms. The van der Waals surface area contributed by atoms with Crippen LogP contribution in [0.4, 0.5) is 4.39 Å². The molecule has 0 spiro atoms. The molecule has 1 aromatic rings. The molecule has 0 saturated carbocycles. The molecule has 1 atom stereocenters. The first-order valence-corrected chi connectivity index (χ1v) is 7.98. The number of hydrogen-bond acceptors (Lipinski definition) is 3. The second-order valence-corrected chi connectivity index (χ2v) is 6.87. The van der Waals surface area contributed by atoms with Gasteiger partial charge in [-0.3, -0.25) is 19.3 Å². The van der Waals surface area contributed by atoms with Crippen molar-refractivity contribution in [2.45, 2.75) is 32.1 Å². The average molecular weight is 334 g/mol. The van der Waals surface area contributed by atoms with Crippen LogP contribution in [-0.2, 0) is 19.8 Å². The summed E-state index contributed by atoms with van der Waals surface area (Å²) in [5, 5.41) is 0. The Bertz CT molecular complexity index is 674. The molecule has 1 aromatic carbocycles. The zero-order valence-corrected chi connectivity index (χ0v) is 14.5. The molecule has 0 N–H and O–H groups in total. The van der Waals surface area contributed by atoms with E-state index in [0.717, 1.165) is 4.90 Å². The SMILES string of the molecule is CC(C)CN(C)C(=O)C[C@]1(c2cccc(F)c2)CC(=O)N(C)C1=O. The fourth-order valence-corrected chi connectivity index (χ4v) is 3.18. The van der Waals surface area contributed by atoms with E-state index < -0.39 is 17.1 Å². The standard InChI is InChI=1S/C18H23FN2O3/c1-12(2)11-20(3)15(22)9-18(10-16(23)21(4)17(18)24)13-6-5-7-14(19)8-13/h5-8,12H,9-11H2,1-4H3/t18-/m1/s1. The molecule has 0 aromatic heterocycles. The predicted molar refractivity (Wildman–Crippen MR) is 87.6 cm³/mol. The van der Waals surface area contributed by atoms with Gasteiger partial charge in [-0.2, -0.15) is 0 Å². The van der Waals surface area contributed by atoms with Crippen LogP contribution in [0.25, 0.3) is 0 Å². The van der Waals surface area contributed by atoms with Gasteiger partial charge in [-0.05, 0) is 23.6 Å². The zero-order valence-electron chi connectivity index (χ0n) is 14.5. The molecule has 1 saturated heterocycles. The lowest BCUT2D eigenvalue weighted by atomic mass is 9.75. The Kier molecular flexibility index (Phi) is 5.06. The average Bonchev–Trinajstić information content (AvgIpc) is 2.71. The van der Waals surface area contributed by atoms with Crippen molar-refractivity contribution in [1.29, 1.82) is 0 Å². The van der Waals surface area contributed by atoms with Crippen LogP contribution in [0.3, 0.4) is 0 Å². The van der Waals surface area contributed by atoms with Gasteiger partial charge >= 0.3 is 0 Å². The Balaban J connectivity index is 2.40. The number of benzene rings is 1. The molecule has 0 radical (unpaired) electrons. The summed E-state index contributed by atoms with van der Waals surface area (Å²) in [6, 6.07) is 5.60. The van der Waals surface area contributed by atoms with Crippen molar-refractivity contribution in [3.05, 3.63) is 35.6 Å². The van der Waals surface area contributed by atoms with E-state index in [9.17, 15) is 18.8 Å². The van der Waals surface area contributed by atoms with Crippen molar-refractivity contribution >= 4 is 17.7 Å². The number of rotatable bonds is 5. The molecule has 1 heterocycles. The summed E-state index contributed by atoms with van der Waals surface area (Å²) in [6.07, 6.45) is -0.262. The van der Waals surface area contributed by atoms with E-state index in [0.29, 0.717) is 12.1 Å². The Morgan fingerprint density at radius 1 is 1.38 bits per heavy atom. The molecule has 5 nitrogen and oxygen atoms in total. The molecule has 0 aliphatic carbocycles. The van der Waals surface area contributed by atoms with Crippen LogP contribution in [0.15, 0.2) is 24.3 Å². The summed E-state index contributed by atoms with van der Waals surface area (Å²) in [6.45, 7) is 4.53. The topological polar surface area (TPSA) is 57.7 Å². The maximum atomic E-state index is 13.7. The van der Waals surface area contributed by atoms with Gasteiger partial charge in [0.1, 0.15) is 5.82 Å². The number of likely N-dealkylation sites (tertiary alicyclic amines) is 1. The van der Waals surface area contributed by atoms with Crippen LogP contribution in [0.5, 0.6) is 0 Å². The van der Waals surface area contributed by atoms with Crippen LogP contribution in [-0.4, -0.2) is 48.2 Å². The number of amides is 3. The number of hydrogen-bond donors (Lipinski definition) is 0. The largest absolute Gasteiger partial charge is 0.345 e. The van der Waals surface area contributed by atoms with E-state index >= 15 is 0 Å². The van der Waals surface area contributed by atoms with Crippen molar-refractivity contribution in [3.63, 3.8) is 0 Å². The van der Waals surface area contributed by atoms with E-state index in [-0.39, 0.29) is 30.6 Å². The van der Waals surface area contributed by atoms with Gasteiger partial charge in [-0.1, -0.05) is 26.0 Å². The summed E-state index contributed by atoms with van der Waals surface area (Å²) in [7, 11) is 3.07. The summed E-state index contributed by atoms with van der Waals surface area (Å²) < 4.78 is 13.7. The first-order chi connectivity index (χ1) is 11.2. The van der Waals surface area contributed by atoms with Crippen LogP contribution < -0.4 is 0 Å². The van der Waals surface area contributed by atoms with E-state index in [2.05, 4.69) is 0 Å². The molecule has 1 aliphatic rings. The van der Waals surface area contributed by atoms with E-state index in [4.69, 9.17) is 0 Å². The molecule has 3 amide bonds. The molecule has 1 fully saturated rings. The number of carbonyl (C=O) groups excluding carboxylic acids is 3. The highest BCUT2D eigenvalue weighted by Crippen LogP contribution is 2.39. The van der Waals surface area contributed by atoms with Gasteiger partial charge in [0.25, 0.3) is 0 Å². The smallest absolute Gasteiger partial charge is 0.240 e. The van der Waals surface area contributed by atoms with Crippen molar-refractivity contribution < 1.29 is 18.8 Å². The minimum absolute atomic E-state index is 0.118. The van der Waals surface area contributed by atoms with Gasteiger partial charge in [0, 0.05) is 33.5 Å². The molecule has 1 aliphatic heterocycles. The summed E-state index contributed by atoms with van der Waals surface area (Å²) >= 11 is 0. The van der Waals surface area contributed by atoms with Gasteiger partial charge in [-0.15, -0.1) is 0 Å². The fourth-order valence-electron chi connectivity index (χ4n) is 3.18. The maximum Gasteiger partial charge on any atom is 0.240 e. The minimum Gasteiger partial charge on any atom is -0.345 e. The molecule has 24 heavy (non-hydrogen) atoms. The van der Waals surface area contributed by atoms with Gasteiger partial charge in [0.2, 0.25) is 17.7 Å². The van der Waals surface area contributed by atoms with Crippen molar-refractivity contribution in [2.75, 3.05) is 20.6 Å². The lowest BCUT2D eigenvalue weighted by molar-refractivity contribution is -0.141. The van der Waals surface area contributed by atoms with Crippen LogP contribution >= 0.6 is 0 Å². The normalized spacial score (nSPS) is 20.8. The second-order valence-electron chi connectivity index (χ2n) is 6.87.